The number of aliphatic carboxylic acids is 1. The normalized spacial score (nSPS) is 10.8. The van der Waals surface area contributed by atoms with Crippen molar-refractivity contribution in [2.24, 2.45) is 0 Å². The molecule has 0 fully saturated rings. The largest absolute Gasteiger partial charge is 0.481 e. The third kappa shape index (κ3) is 6.24. The van der Waals surface area contributed by atoms with E-state index >= 15 is 0 Å². The number of carboxylic acids is 1. The minimum absolute atomic E-state index is 0.0333. The lowest BCUT2D eigenvalue weighted by molar-refractivity contribution is -0.137. The summed E-state index contributed by atoms with van der Waals surface area (Å²) in [6, 6.07) is 17.7. The zero-order chi connectivity index (χ0) is 18.8. The molecule has 2 aromatic rings. The van der Waals surface area contributed by atoms with Crippen molar-refractivity contribution in [3.8, 4) is 0 Å². The molecular weight excluding hydrogens is 332 g/mol. The van der Waals surface area contributed by atoms with Crippen LogP contribution in [0.2, 0.25) is 0 Å². The summed E-state index contributed by atoms with van der Waals surface area (Å²) < 4.78 is 0. The van der Waals surface area contributed by atoms with Crippen molar-refractivity contribution in [3.63, 3.8) is 0 Å². The molecule has 3 N–H and O–H groups in total. The van der Waals surface area contributed by atoms with E-state index in [2.05, 4.69) is 10.6 Å². The van der Waals surface area contributed by atoms with E-state index in [1.54, 1.807) is 36.4 Å². The lowest BCUT2D eigenvalue weighted by Crippen LogP contribution is -2.35. The zero-order valence-electron chi connectivity index (χ0n) is 14.1. The van der Waals surface area contributed by atoms with Gasteiger partial charge in [0, 0.05) is 18.5 Å². The van der Waals surface area contributed by atoms with Crippen molar-refractivity contribution in [1.82, 2.24) is 10.6 Å². The predicted octanol–water partition coefficient (Wildman–Crippen LogP) is 2.44. The van der Waals surface area contributed by atoms with Gasteiger partial charge in [-0.05, 0) is 30.2 Å². The Balaban J connectivity index is 2.11. The third-order valence-electron chi connectivity index (χ3n) is 3.49. The smallest absolute Gasteiger partial charge is 0.303 e. The Labute approximate surface area is 151 Å². The second-order valence-corrected chi connectivity index (χ2v) is 5.54. The van der Waals surface area contributed by atoms with Gasteiger partial charge in [0.2, 0.25) is 0 Å². The van der Waals surface area contributed by atoms with Crippen LogP contribution in [-0.4, -0.2) is 29.4 Å². The fraction of sp³-hybridized carbons (Fsp3) is 0.150. The molecule has 0 unspecified atom stereocenters. The van der Waals surface area contributed by atoms with E-state index < -0.39 is 17.8 Å². The molecule has 0 saturated heterocycles. The van der Waals surface area contributed by atoms with Crippen LogP contribution in [0.1, 0.15) is 28.8 Å². The van der Waals surface area contributed by atoms with Crippen molar-refractivity contribution in [1.29, 1.82) is 0 Å². The SMILES string of the molecule is O=C(O)CCCNC(=O)/C(=C\c1ccccc1)NC(=O)c1ccccc1. The number of nitrogens with one attached hydrogen (secondary N) is 2. The van der Waals surface area contributed by atoms with Crippen LogP contribution in [0, 0.1) is 0 Å². The minimum Gasteiger partial charge on any atom is -0.481 e. The molecule has 0 bridgehead atoms. The van der Waals surface area contributed by atoms with Gasteiger partial charge in [-0.2, -0.15) is 0 Å². The van der Waals surface area contributed by atoms with Gasteiger partial charge in [-0.15, -0.1) is 0 Å². The maximum Gasteiger partial charge on any atom is 0.303 e. The number of carbonyl (C=O) groups is 3. The highest BCUT2D eigenvalue weighted by molar-refractivity contribution is 6.05. The summed E-state index contributed by atoms with van der Waals surface area (Å²) >= 11 is 0. The average molecular weight is 352 g/mol. The molecule has 2 rings (SSSR count). The molecule has 6 heteroatoms. The fourth-order valence-electron chi connectivity index (χ4n) is 2.20. The Hall–Kier alpha value is -3.41. The highest BCUT2D eigenvalue weighted by Crippen LogP contribution is 2.07. The van der Waals surface area contributed by atoms with Crippen LogP contribution in [0.4, 0.5) is 0 Å². The van der Waals surface area contributed by atoms with Crippen LogP contribution in [0.5, 0.6) is 0 Å². The molecule has 0 aliphatic carbocycles. The van der Waals surface area contributed by atoms with Crippen LogP contribution in [0.3, 0.4) is 0 Å². The molecule has 0 aromatic heterocycles. The minimum atomic E-state index is -0.920. The van der Waals surface area contributed by atoms with Gasteiger partial charge in [0.05, 0.1) is 0 Å². The first kappa shape index (κ1) is 18.9. The Morgan fingerprint density at radius 2 is 1.54 bits per heavy atom. The molecule has 0 saturated carbocycles. The van der Waals surface area contributed by atoms with E-state index in [1.807, 2.05) is 30.3 Å². The Morgan fingerprint density at radius 3 is 2.15 bits per heavy atom. The number of carbonyl (C=O) groups excluding carboxylic acids is 2. The molecule has 0 atom stereocenters. The van der Waals surface area contributed by atoms with Crippen molar-refractivity contribution in [3.05, 3.63) is 77.5 Å². The molecule has 134 valence electrons. The van der Waals surface area contributed by atoms with Gasteiger partial charge in [0.1, 0.15) is 5.70 Å². The predicted molar refractivity (Wildman–Crippen MR) is 98.2 cm³/mol. The summed E-state index contributed by atoms with van der Waals surface area (Å²) in [6.45, 7) is 0.207. The van der Waals surface area contributed by atoms with Gasteiger partial charge in [-0.25, -0.2) is 0 Å². The number of rotatable bonds is 8. The molecule has 6 nitrogen and oxygen atoms in total. The highest BCUT2D eigenvalue weighted by Gasteiger charge is 2.14. The van der Waals surface area contributed by atoms with Crippen LogP contribution >= 0.6 is 0 Å². The lowest BCUT2D eigenvalue weighted by atomic mass is 10.1. The van der Waals surface area contributed by atoms with Crippen LogP contribution < -0.4 is 10.6 Å². The van der Waals surface area contributed by atoms with Crippen LogP contribution in [0.15, 0.2) is 66.4 Å². The van der Waals surface area contributed by atoms with Crippen molar-refractivity contribution in [2.75, 3.05) is 6.54 Å². The molecule has 2 amide bonds. The van der Waals surface area contributed by atoms with E-state index in [9.17, 15) is 14.4 Å². The summed E-state index contributed by atoms with van der Waals surface area (Å²) in [5, 5.41) is 13.9. The second kappa shape index (κ2) is 9.78. The first-order valence-electron chi connectivity index (χ1n) is 8.19. The molecule has 0 heterocycles. The van der Waals surface area contributed by atoms with E-state index in [4.69, 9.17) is 5.11 Å². The first-order chi connectivity index (χ1) is 12.6. The first-order valence-corrected chi connectivity index (χ1v) is 8.19. The van der Waals surface area contributed by atoms with Gasteiger partial charge in [-0.1, -0.05) is 48.5 Å². The standard InChI is InChI=1S/C20H20N2O4/c23-18(24)12-7-13-21-20(26)17(14-15-8-3-1-4-9-15)22-19(25)16-10-5-2-6-11-16/h1-6,8-11,14H,7,12-13H2,(H,21,26)(H,22,25)(H,23,24)/b17-14+. The number of carboxylic acid groups (broad SMARTS) is 1. The number of amides is 2. The maximum absolute atomic E-state index is 12.4. The van der Waals surface area contributed by atoms with E-state index in [1.165, 1.54) is 0 Å². The quantitative estimate of drug-likeness (QED) is 0.502. The molecule has 0 spiro atoms. The van der Waals surface area contributed by atoms with Gasteiger partial charge >= 0.3 is 5.97 Å². The highest BCUT2D eigenvalue weighted by atomic mass is 16.4. The number of hydrogen-bond donors (Lipinski definition) is 3. The van der Waals surface area contributed by atoms with Crippen molar-refractivity contribution < 1.29 is 19.5 Å². The third-order valence-corrected chi connectivity index (χ3v) is 3.49. The number of benzene rings is 2. The summed E-state index contributed by atoms with van der Waals surface area (Å²) in [6.07, 6.45) is 1.86. The zero-order valence-corrected chi connectivity index (χ0v) is 14.1. The van der Waals surface area contributed by atoms with Crippen molar-refractivity contribution in [2.45, 2.75) is 12.8 Å². The fourth-order valence-corrected chi connectivity index (χ4v) is 2.20. The summed E-state index contributed by atoms with van der Waals surface area (Å²) in [5.41, 5.74) is 1.29. The van der Waals surface area contributed by atoms with Gasteiger partial charge in [-0.3, -0.25) is 14.4 Å². The van der Waals surface area contributed by atoms with Crippen LogP contribution in [0.25, 0.3) is 6.08 Å². The van der Waals surface area contributed by atoms with Gasteiger partial charge in [0.25, 0.3) is 11.8 Å². The summed E-state index contributed by atoms with van der Waals surface area (Å²) in [5.74, 6) is -1.78. The Morgan fingerprint density at radius 1 is 0.923 bits per heavy atom. The Kier molecular flexibility index (Phi) is 7.12. The molecule has 2 aromatic carbocycles. The van der Waals surface area contributed by atoms with Crippen LogP contribution in [-0.2, 0) is 9.59 Å². The second-order valence-electron chi connectivity index (χ2n) is 5.54. The molecule has 0 aliphatic rings. The average Bonchev–Trinajstić information content (AvgIpc) is 2.66. The molecule has 0 aliphatic heterocycles. The van der Waals surface area contributed by atoms with E-state index in [-0.39, 0.29) is 18.7 Å². The maximum atomic E-state index is 12.4. The molecule has 0 radical (unpaired) electrons. The van der Waals surface area contributed by atoms with E-state index in [0.29, 0.717) is 12.0 Å². The van der Waals surface area contributed by atoms with Crippen molar-refractivity contribution >= 4 is 23.9 Å². The Bertz CT molecular complexity index is 786. The van der Waals surface area contributed by atoms with Gasteiger partial charge in [0.15, 0.2) is 0 Å². The monoisotopic (exact) mass is 352 g/mol. The summed E-state index contributed by atoms with van der Waals surface area (Å²) in [7, 11) is 0. The van der Waals surface area contributed by atoms with Gasteiger partial charge < -0.3 is 15.7 Å². The number of hydrogen-bond acceptors (Lipinski definition) is 3. The van der Waals surface area contributed by atoms with E-state index in [0.717, 1.165) is 5.56 Å². The molecular formula is C20H20N2O4. The molecule has 26 heavy (non-hydrogen) atoms. The lowest BCUT2D eigenvalue weighted by Gasteiger charge is -2.11. The topological polar surface area (TPSA) is 95.5 Å². The summed E-state index contributed by atoms with van der Waals surface area (Å²) in [4.78, 5) is 35.3.